The molecule has 2 aliphatic rings. The number of carbonyl (C=O) groups excluding carboxylic acids is 1. The quantitative estimate of drug-likeness (QED) is 0.739. The van der Waals surface area contributed by atoms with Crippen molar-refractivity contribution in [3.8, 4) is 5.75 Å². The van der Waals surface area contributed by atoms with Crippen LogP contribution < -0.4 is 20.7 Å². The fourth-order valence-electron chi connectivity index (χ4n) is 3.31. The Morgan fingerprint density at radius 1 is 1.15 bits per heavy atom. The van der Waals surface area contributed by atoms with E-state index in [9.17, 15) is 9.18 Å². The zero-order valence-electron chi connectivity index (χ0n) is 14.7. The average molecular weight is 385 g/mol. The predicted octanol–water partition coefficient (Wildman–Crippen LogP) is 3.02. The lowest BCUT2D eigenvalue weighted by Crippen LogP contribution is -2.61. The second-order valence-corrected chi connectivity index (χ2v) is 7.47. The van der Waals surface area contributed by atoms with Crippen LogP contribution in [0.1, 0.15) is 5.56 Å². The van der Waals surface area contributed by atoms with Crippen molar-refractivity contribution in [3.05, 3.63) is 65.3 Å². The minimum atomic E-state index is -0.271. The number of fused-ring (bicyclic) bond motifs is 1. The van der Waals surface area contributed by atoms with Crippen LogP contribution in [-0.4, -0.2) is 31.1 Å². The van der Waals surface area contributed by atoms with Crippen LogP contribution in [0.4, 0.5) is 10.1 Å². The molecule has 0 spiro atoms. The molecule has 0 saturated carbocycles. The fraction of sp³-hybridized carbons (Fsp3) is 0.250. The summed E-state index contributed by atoms with van der Waals surface area (Å²) in [5.41, 5.74) is 2.85. The van der Waals surface area contributed by atoms with Crippen LogP contribution in [0.2, 0.25) is 0 Å². The molecule has 3 N–H and O–H groups in total. The number of carbonyl (C=O) groups is 1. The number of benzene rings is 2. The van der Waals surface area contributed by atoms with E-state index in [-0.39, 0.29) is 29.2 Å². The standard InChI is InChI=1S/C20H20FN3O2S/c1-26-15-8-2-12(3-9-15)16-11-27-20-18(16)19(25)23-17(24-20)10-22-14-6-4-13(21)5-7-14/h2-9,11,17-18,20,22,24H,10H2,1H3,(H,23,25). The summed E-state index contributed by atoms with van der Waals surface area (Å²) in [5.74, 6) is 0.300. The number of nitrogens with one attached hydrogen (secondary N) is 3. The molecule has 1 saturated heterocycles. The van der Waals surface area contributed by atoms with Crippen molar-refractivity contribution in [1.82, 2.24) is 10.6 Å². The number of anilines is 1. The van der Waals surface area contributed by atoms with E-state index in [1.807, 2.05) is 24.3 Å². The number of amides is 1. The number of methoxy groups -OCH3 is 1. The van der Waals surface area contributed by atoms with Gasteiger partial charge in [0.1, 0.15) is 11.6 Å². The predicted molar refractivity (Wildman–Crippen MR) is 106 cm³/mol. The summed E-state index contributed by atoms with van der Waals surface area (Å²) in [6, 6.07) is 13.9. The average Bonchev–Trinajstić information content (AvgIpc) is 3.12. The zero-order valence-corrected chi connectivity index (χ0v) is 15.6. The maximum atomic E-state index is 13.0. The molecule has 2 heterocycles. The van der Waals surface area contributed by atoms with Crippen molar-refractivity contribution < 1.29 is 13.9 Å². The first kappa shape index (κ1) is 17.9. The molecular formula is C20H20FN3O2S. The van der Waals surface area contributed by atoms with E-state index >= 15 is 0 Å². The Labute approximate surface area is 161 Å². The van der Waals surface area contributed by atoms with Gasteiger partial charge in [-0.05, 0) is 52.9 Å². The van der Waals surface area contributed by atoms with Gasteiger partial charge in [-0.1, -0.05) is 12.1 Å². The monoisotopic (exact) mass is 385 g/mol. The van der Waals surface area contributed by atoms with Gasteiger partial charge in [0.05, 0.1) is 24.6 Å². The van der Waals surface area contributed by atoms with Gasteiger partial charge in [0.15, 0.2) is 0 Å². The highest BCUT2D eigenvalue weighted by molar-refractivity contribution is 8.03. The third-order valence-corrected chi connectivity index (χ3v) is 5.81. The molecule has 7 heteroatoms. The largest absolute Gasteiger partial charge is 0.497 e. The lowest BCUT2D eigenvalue weighted by Gasteiger charge is -2.34. The van der Waals surface area contributed by atoms with Gasteiger partial charge >= 0.3 is 0 Å². The topological polar surface area (TPSA) is 62.4 Å². The van der Waals surface area contributed by atoms with Crippen LogP contribution in [0.3, 0.4) is 0 Å². The van der Waals surface area contributed by atoms with E-state index in [1.165, 1.54) is 12.1 Å². The first-order valence-electron chi connectivity index (χ1n) is 8.70. The van der Waals surface area contributed by atoms with Crippen LogP contribution in [0.25, 0.3) is 5.57 Å². The van der Waals surface area contributed by atoms with Crippen LogP contribution in [0.15, 0.2) is 53.9 Å². The van der Waals surface area contributed by atoms with Crippen LogP contribution in [0.5, 0.6) is 5.75 Å². The van der Waals surface area contributed by atoms with E-state index < -0.39 is 0 Å². The number of hydrogen-bond acceptors (Lipinski definition) is 5. The summed E-state index contributed by atoms with van der Waals surface area (Å²) in [7, 11) is 1.63. The summed E-state index contributed by atoms with van der Waals surface area (Å²) < 4.78 is 18.2. The number of rotatable bonds is 5. The highest BCUT2D eigenvalue weighted by Crippen LogP contribution is 2.42. The maximum Gasteiger partial charge on any atom is 0.231 e. The Morgan fingerprint density at radius 3 is 2.59 bits per heavy atom. The van der Waals surface area contributed by atoms with E-state index in [0.717, 1.165) is 22.6 Å². The molecule has 1 amide bonds. The van der Waals surface area contributed by atoms with E-state index in [2.05, 4.69) is 21.4 Å². The minimum Gasteiger partial charge on any atom is -0.497 e. The lowest BCUT2D eigenvalue weighted by atomic mass is 9.91. The summed E-state index contributed by atoms with van der Waals surface area (Å²) in [6.45, 7) is 0.513. The summed E-state index contributed by atoms with van der Waals surface area (Å²) in [5, 5.41) is 11.8. The van der Waals surface area contributed by atoms with Gasteiger partial charge in [-0.15, -0.1) is 11.8 Å². The molecule has 140 valence electrons. The van der Waals surface area contributed by atoms with Gasteiger partial charge in [0.2, 0.25) is 5.91 Å². The molecule has 0 radical (unpaired) electrons. The molecule has 5 nitrogen and oxygen atoms in total. The summed E-state index contributed by atoms with van der Waals surface area (Å²) in [6.07, 6.45) is -0.195. The van der Waals surface area contributed by atoms with E-state index in [1.54, 1.807) is 31.0 Å². The second-order valence-electron chi connectivity index (χ2n) is 6.45. The van der Waals surface area contributed by atoms with Crippen molar-refractivity contribution in [1.29, 1.82) is 0 Å². The highest BCUT2D eigenvalue weighted by Gasteiger charge is 2.42. The molecule has 0 aromatic heterocycles. The number of hydrogen-bond donors (Lipinski definition) is 3. The molecule has 27 heavy (non-hydrogen) atoms. The Bertz CT molecular complexity index is 855. The van der Waals surface area contributed by atoms with Crippen LogP contribution in [-0.2, 0) is 4.79 Å². The van der Waals surface area contributed by atoms with Crippen molar-refractivity contribution in [2.75, 3.05) is 19.0 Å². The summed E-state index contributed by atoms with van der Waals surface area (Å²) >= 11 is 1.63. The van der Waals surface area contributed by atoms with Crippen LogP contribution in [0, 0.1) is 11.7 Å². The molecule has 3 unspecified atom stereocenters. The molecular weight excluding hydrogens is 365 g/mol. The van der Waals surface area contributed by atoms with E-state index in [4.69, 9.17) is 4.74 Å². The van der Waals surface area contributed by atoms with Crippen molar-refractivity contribution >= 4 is 28.9 Å². The summed E-state index contributed by atoms with van der Waals surface area (Å²) in [4.78, 5) is 12.7. The number of thioether (sulfide) groups is 1. The Morgan fingerprint density at radius 2 is 1.89 bits per heavy atom. The number of halogens is 1. The SMILES string of the molecule is COc1ccc(C2=CSC3NC(CNc4ccc(F)cc4)NC(=O)C23)cc1. The lowest BCUT2D eigenvalue weighted by molar-refractivity contribution is -0.126. The fourth-order valence-corrected chi connectivity index (χ4v) is 4.55. The van der Waals surface area contributed by atoms with Crippen molar-refractivity contribution in [2.45, 2.75) is 11.5 Å². The Balaban J connectivity index is 1.40. The van der Waals surface area contributed by atoms with Crippen molar-refractivity contribution in [2.24, 2.45) is 5.92 Å². The Hall–Kier alpha value is -2.51. The molecule has 2 aliphatic heterocycles. The molecule has 1 fully saturated rings. The van der Waals surface area contributed by atoms with Gasteiger partial charge in [-0.25, -0.2) is 4.39 Å². The Kier molecular flexibility index (Phi) is 5.05. The van der Waals surface area contributed by atoms with Gasteiger partial charge in [0, 0.05) is 12.2 Å². The third-order valence-electron chi connectivity index (χ3n) is 4.72. The molecule has 3 atom stereocenters. The molecule has 2 aromatic rings. The molecule has 2 aromatic carbocycles. The smallest absolute Gasteiger partial charge is 0.231 e. The zero-order chi connectivity index (χ0) is 18.8. The van der Waals surface area contributed by atoms with Crippen molar-refractivity contribution in [3.63, 3.8) is 0 Å². The minimum absolute atomic E-state index is 0.00382. The number of ether oxygens (including phenoxy) is 1. The highest BCUT2D eigenvalue weighted by atomic mass is 32.2. The molecule has 4 rings (SSSR count). The third kappa shape index (κ3) is 3.79. The van der Waals surface area contributed by atoms with Gasteiger partial charge < -0.3 is 15.4 Å². The van der Waals surface area contributed by atoms with E-state index in [0.29, 0.717) is 6.54 Å². The van der Waals surface area contributed by atoms with Gasteiger partial charge in [-0.3, -0.25) is 10.1 Å². The van der Waals surface area contributed by atoms with Crippen LogP contribution >= 0.6 is 11.8 Å². The molecule has 0 bridgehead atoms. The van der Waals surface area contributed by atoms with Gasteiger partial charge in [-0.2, -0.15) is 0 Å². The first-order chi connectivity index (χ1) is 13.1. The first-order valence-corrected chi connectivity index (χ1v) is 9.64. The van der Waals surface area contributed by atoms with Gasteiger partial charge in [0.25, 0.3) is 0 Å². The normalized spacial score (nSPS) is 24.0. The second kappa shape index (κ2) is 7.62. The maximum absolute atomic E-state index is 13.0. The molecule has 0 aliphatic carbocycles.